The number of aromatic amines is 1. The molecule has 4 heterocycles. The minimum Gasteiger partial charge on any atom is -0.309 e. The Bertz CT molecular complexity index is 844. The molecule has 1 aliphatic heterocycles. The Morgan fingerprint density at radius 3 is 3.12 bits per heavy atom. The van der Waals surface area contributed by atoms with Crippen molar-refractivity contribution in [3.63, 3.8) is 0 Å². The topological polar surface area (TPSA) is 87.6 Å². The SMILES string of the molecule is Cn1nc(C2CCCN2)cc1C(=O)Nc1cc(-c2cccs2)[nH]n1. The van der Waals surface area contributed by atoms with Crippen molar-refractivity contribution in [2.24, 2.45) is 7.05 Å². The number of nitrogens with one attached hydrogen (secondary N) is 3. The average Bonchev–Trinajstić information content (AvgIpc) is 3.34. The predicted octanol–water partition coefficient (Wildman–Crippen LogP) is 2.55. The first-order valence-corrected chi connectivity index (χ1v) is 8.76. The Morgan fingerprint density at radius 1 is 1.46 bits per heavy atom. The van der Waals surface area contributed by atoms with Crippen LogP contribution in [0.2, 0.25) is 0 Å². The van der Waals surface area contributed by atoms with Crippen LogP contribution in [0.5, 0.6) is 0 Å². The molecule has 8 heteroatoms. The molecule has 1 amide bonds. The van der Waals surface area contributed by atoms with Gasteiger partial charge in [-0.3, -0.25) is 14.6 Å². The summed E-state index contributed by atoms with van der Waals surface area (Å²) < 4.78 is 1.62. The van der Waals surface area contributed by atoms with Crippen LogP contribution in [0, 0.1) is 0 Å². The number of aromatic nitrogens is 4. The molecule has 0 aromatic carbocycles. The van der Waals surface area contributed by atoms with Crippen molar-refractivity contribution >= 4 is 23.1 Å². The number of anilines is 1. The van der Waals surface area contributed by atoms with Gasteiger partial charge in [-0.1, -0.05) is 6.07 Å². The van der Waals surface area contributed by atoms with Gasteiger partial charge < -0.3 is 10.6 Å². The van der Waals surface area contributed by atoms with Crippen LogP contribution in [-0.4, -0.2) is 32.4 Å². The largest absolute Gasteiger partial charge is 0.309 e. The van der Waals surface area contributed by atoms with Gasteiger partial charge in [0.25, 0.3) is 5.91 Å². The van der Waals surface area contributed by atoms with E-state index in [0.29, 0.717) is 11.5 Å². The van der Waals surface area contributed by atoms with Crippen LogP contribution in [0.4, 0.5) is 5.82 Å². The molecule has 0 spiro atoms. The summed E-state index contributed by atoms with van der Waals surface area (Å²) in [5.41, 5.74) is 2.34. The molecule has 7 nitrogen and oxygen atoms in total. The van der Waals surface area contributed by atoms with E-state index in [4.69, 9.17) is 0 Å². The Hall–Kier alpha value is -2.45. The summed E-state index contributed by atoms with van der Waals surface area (Å²) in [6.07, 6.45) is 2.20. The number of nitrogens with zero attached hydrogens (tertiary/aromatic N) is 3. The molecular weight excluding hydrogens is 324 g/mol. The molecule has 24 heavy (non-hydrogen) atoms. The van der Waals surface area contributed by atoms with Gasteiger partial charge in [0.05, 0.1) is 22.3 Å². The van der Waals surface area contributed by atoms with Crippen molar-refractivity contribution in [1.82, 2.24) is 25.3 Å². The Labute approximate surface area is 143 Å². The van der Waals surface area contributed by atoms with Crippen LogP contribution >= 0.6 is 11.3 Å². The molecular formula is C16H18N6OS. The van der Waals surface area contributed by atoms with Crippen molar-refractivity contribution in [2.45, 2.75) is 18.9 Å². The molecule has 124 valence electrons. The third-order valence-electron chi connectivity index (χ3n) is 4.15. The fraction of sp³-hybridized carbons (Fsp3) is 0.312. The second-order valence-electron chi connectivity index (χ2n) is 5.83. The standard InChI is InChI=1S/C16H18N6OS/c1-22-13(8-11(21-22)10-4-2-6-17-10)16(23)18-15-9-12(19-20-15)14-5-3-7-24-14/h3,5,7-10,17H,2,4,6H2,1H3,(H2,18,19,20,23). The Balaban J connectivity index is 1.50. The molecule has 4 rings (SSSR count). The normalized spacial score (nSPS) is 17.3. The number of H-pyrrole nitrogens is 1. The van der Waals surface area contributed by atoms with E-state index in [1.165, 1.54) is 0 Å². The van der Waals surface area contributed by atoms with Gasteiger partial charge >= 0.3 is 0 Å². The Morgan fingerprint density at radius 2 is 2.38 bits per heavy atom. The summed E-state index contributed by atoms with van der Waals surface area (Å²) in [4.78, 5) is 13.6. The summed E-state index contributed by atoms with van der Waals surface area (Å²) in [7, 11) is 1.79. The van der Waals surface area contributed by atoms with Crippen molar-refractivity contribution in [3.05, 3.63) is 41.0 Å². The molecule has 1 fully saturated rings. The van der Waals surface area contributed by atoms with Crippen LogP contribution in [0.1, 0.15) is 35.1 Å². The van der Waals surface area contributed by atoms with Crippen LogP contribution in [0.3, 0.4) is 0 Å². The zero-order valence-electron chi connectivity index (χ0n) is 13.2. The van der Waals surface area contributed by atoms with E-state index in [9.17, 15) is 4.79 Å². The summed E-state index contributed by atoms with van der Waals surface area (Å²) >= 11 is 1.62. The maximum atomic E-state index is 12.5. The van der Waals surface area contributed by atoms with Crippen molar-refractivity contribution in [3.8, 4) is 10.6 Å². The number of aryl methyl sites for hydroxylation is 1. The van der Waals surface area contributed by atoms with Crippen LogP contribution < -0.4 is 10.6 Å². The molecule has 3 aromatic heterocycles. The lowest BCUT2D eigenvalue weighted by Crippen LogP contribution is -2.16. The van der Waals surface area contributed by atoms with Crippen LogP contribution in [0.25, 0.3) is 10.6 Å². The Kier molecular flexibility index (Phi) is 3.91. The molecule has 0 saturated carbocycles. The minimum absolute atomic E-state index is 0.210. The van der Waals surface area contributed by atoms with E-state index in [1.807, 2.05) is 29.6 Å². The van der Waals surface area contributed by atoms with Gasteiger partial charge in [-0.2, -0.15) is 10.2 Å². The first kappa shape index (κ1) is 15.1. The zero-order chi connectivity index (χ0) is 16.5. The maximum Gasteiger partial charge on any atom is 0.275 e. The van der Waals surface area contributed by atoms with Gasteiger partial charge in [0.1, 0.15) is 5.69 Å². The summed E-state index contributed by atoms with van der Waals surface area (Å²) in [5.74, 6) is 0.295. The number of hydrogen-bond donors (Lipinski definition) is 3. The molecule has 0 aliphatic carbocycles. The fourth-order valence-corrected chi connectivity index (χ4v) is 3.63. The first-order chi connectivity index (χ1) is 11.7. The third-order valence-corrected chi connectivity index (χ3v) is 5.06. The van der Waals surface area contributed by atoms with Crippen molar-refractivity contribution in [2.75, 3.05) is 11.9 Å². The van der Waals surface area contributed by atoms with E-state index in [0.717, 1.165) is 35.7 Å². The lowest BCUT2D eigenvalue weighted by molar-refractivity contribution is 0.101. The molecule has 0 radical (unpaired) electrons. The minimum atomic E-state index is -0.210. The fourth-order valence-electron chi connectivity index (χ4n) is 2.93. The van der Waals surface area contributed by atoms with E-state index in [-0.39, 0.29) is 11.9 Å². The molecule has 0 bridgehead atoms. The summed E-state index contributed by atoms with van der Waals surface area (Å²) in [5, 5.41) is 19.8. The number of thiophene rings is 1. The van der Waals surface area contributed by atoms with E-state index < -0.39 is 0 Å². The lowest BCUT2D eigenvalue weighted by Gasteiger charge is -2.04. The number of carbonyl (C=O) groups is 1. The summed E-state index contributed by atoms with van der Waals surface area (Å²) in [6.45, 7) is 1.00. The van der Waals surface area contributed by atoms with Crippen molar-refractivity contribution in [1.29, 1.82) is 0 Å². The second kappa shape index (κ2) is 6.21. The quantitative estimate of drug-likeness (QED) is 0.680. The molecule has 3 aromatic rings. The van der Waals surface area contributed by atoms with Crippen molar-refractivity contribution < 1.29 is 4.79 Å². The van der Waals surface area contributed by atoms with E-state index in [1.54, 1.807) is 23.1 Å². The highest BCUT2D eigenvalue weighted by Gasteiger charge is 2.22. The van der Waals surface area contributed by atoms with Gasteiger partial charge in [-0.05, 0) is 36.9 Å². The lowest BCUT2D eigenvalue weighted by atomic mass is 10.1. The van der Waals surface area contributed by atoms with Gasteiger partial charge in [-0.15, -0.1) is 11.3 Å². The number of hydrogen-bond acceptors (Lipinski definition) is 5. The first-order valence-electron chi connectivity index (χ1n) is 7.88. The van der Waals surface area contributed by atoms with Gasteiger partial charge in [0.2, 0.25) is 0 Å². The number of amides is 1. The van der Waals surface area contributed by atoms with E-state index in [2.05, 4.69) is 25.9 Å². The van der Waals surface area contributed by atoms with E-state index >= 15 is 0 Å². The van der Waals surface area contributed by atoms with Gasteiger partial charge in [0, 0.05) is 13.1 Å². The number of carbonyl (C=O) groups excluding carboxylic acids is 1. The third kappa shape index (κ3) is 2.85. The maximum absolute atomic E-state index is 12.5. The highest BCUT2D eigenvalue weighted by molar-refractivity contribution is 7.13. The highest BCUT2D eigenvalue weighted by Crippen LogP contribution is 2.25. The van der Waals surface area contributed by atoms with Crippen LogP contribution in [-0.2, 0) is 7.05 Å². The second-order valence-corrected chi connectivity index (χ2v) is 6.77. The summed E-state index contributed by atoms with van der Waals surface area (Å²) in [6, 6.07) is 7.91. The predicted molar refractivity (Wildman–Crippen MR) is 93.0 cm³/mol. The molecule has 1 unspecified atom stereocenters. The monoisotopic (exact) mass is 342 g/mol. The molecule has 1 saturated heterocycles. The average molecular weight is 342 g/mol. The number of rotatable bonds is 4. The molecule has 1 aliphatic rings. The highest BCUT2D eigenvalue weighted by atomic mass is 32.1. The smallest absolute Gasteiger partial charge is 0.275 e. The zero-order valence-corrected chi connectivity index (χ0v) is 14.1. The molecule has 1 atom stereocenters. The van der Waals surface area contributed by atoms with Gasteiger partial charge in [0.15, 0.2) is 5.82 Å². The molecule has 3 N–H and O–H groups in total. The van der Waals surface area contributed by atoms with Crippen LogP contribution in [0.15, 0.2) is 29.6 Å². The van der Waals surface area contributed by atoms with Gasteiger partial charge in [-0.25, -0.2) is 0 Å².